The normalized spacial score (nSPS) is 14.9. The fourth-order valence-corrected chi connectivity index (χ4v) is 5.26. The maximum absolute atomic E-state index is 13.0. The smallest absolute Gasteiger partial charge is 0.243 e. The van der Waals surface area contributed by atoms with Crippen molar-refractivity contribution in [2.24, 2.45) is 0 Å². The molecule has 1 saturated heterocycles. The van der Waals surface area contributed by atoms with Gasteiger partial charge >= 0.3 is 0 Å². The Morgan fingerprint density at radius 1 is 0.875 bits per heavy atom. The number of hydrogen-bond donors (Lipinski definition) is 0. The largest absolute Gasteiger partial charge is 0.497 e. The van der Waals surface area contributed by atoms with E-state index in [0.29, 0.717) is 54.1 Å². The number of benzene rings is 2. The highest BCUT2D eigenvalue weighted by molar-refractivity contribution is 7.89. The third-order valence-corrected chi connectivity index (χ3v) is 7.42. The van der Waals surface area contributed by atoms with Gasteiger partial charge in [0.2, 0.25) is 10.0 Å². The molecule has 2 heterocycles. The summed E-state index contributed by atoms with van der Waals surface area (Å²) in [4.78, 5) is 2.38. The number of ether oxygens (including phenoxy) is 2. The van der Waals surface area contributed by atoms with E-state index in [0.717, 1.165) is 11.1 Å². The van der Waals surface area contributed by atoms with Gasteiger partial charge in [0.05, 0.1) is 24.8 Å². The molecule has 2 aromatic carbocycles. The van der Waals surface area contributed by atoms with Gasteiger partial charge in [0, 0.05) is 31.7 Å². The van der Waals surface area contributed by atoms with E-state index >= 15 is 0 Å². The topological polar surface area (TPSA) is 84.9 Å². The Hall–Kier alpha value is -3.17. The number of hydrogen-bond acceptors (Lipinski definition) is 7. The van der Waals surface area contributed by atoms with E-state index in [9.17, 15) is 8.42 Å². The molecule has 0 atom stereocenters. The van der Waals surface area contributed by atoms with Crippen LogP contribution in [0, 0.1) is 6.92 Å². The van der Waals surface area contributed by atoms with Crippen LogP contribution in [-0.4, -0.2) is 63.3 Å². The Kier molecular flexibility index (Phi) is 6.29. The molecule has 0 saturated carbocycles. The zero-order valence-electron chi connectivity index (χ0n) is 18.4. The molecule has 3 aromatic rings. The third-order valence-electron chi connectivity index (χ3n) is 5.52. The maximum atomic E-state index is 13.0. The lowest BCUT2D eigenvalue weighted by molar-refractivity contribution is 0.383. The van der Waals surface area contributed by atoms with Crippen molar-refractivity contribution in [1.29, 1.82) is 0 Å². The van der Waals surface area contributed by atoms with Crippen LogP contribution in [0.1, 0.15) is 5.56 Å². The predicted octanol–water partition coefficient (Wildman–Crippen LogP) is 2.98. The van der Waals surface area contributed by atoms with Gasteiger partial charge in [-0.1, -0.05) is 12.1 Å². The molecule has 1 aromatic heterocycles. The molecular weight excluding hydrogens is 428 g/mol. The van der Waals surface area contributed by atoms with Crippen molar-refractivity contribution in [3.8, 4) is 22.8 Å². The fourth-order valence-electron chi connectivity index (χ4n) is 3.73. The van der Waals surface area contributed by atoms with Crippen molar-refractivity contribution < 1.29 is 17.9 Å². The monoisotopic (exact) mass is 454 g/mol. The van der Waals surface area contributed by atoms with Crippen LogP contribution in [0.25, 0.3) is 11.3 Å². The minimum absolute atomic E-state index is 0.335. The molecule has 1 aliphatic rings. The summed E-state index contributed by atoms with van der Waals surface area (Å²) in [6, 6.07) is 16.3. The highest BCUT2D eigenvalue weighted by Crippen LogP contribution is 2.32. The van der Waals surface area contributed by atoms with Gasteiger partial charge in [0.15, 0.2) is 5.82 Å². The van der Waals surface area contributed by atoms with Crippen LogP contribution in [0.4, 0.5) is 5.82 Å². The Morgan fingerprint density at radius 2 is 1.66 bits per heavy atom. The summed E-state index contributed by atoms with van der Waals surface area (Å²) in [5.74, 6) is 2.10. The van der Waals surface area contributed by atoms with Crippen LogP contribution in [-0.2, 0) is 10.0 Å². The summed E-state index contributed by atoms with van der Waals surface area (Å²) in [5, 5.41) is 8.75. The lowest BCUT2D eigenvalue weighted by Gasteiger charge is -2.34. The molecule has 0 radical (unpaired) electrons. The zero-order valence-corrected chi connectivity index (χ0v) is 19.2. The van der Waals surface area contributed by atoms with Crippen LogP contribution in [0.15, 0.2) is 59.5 Å². The van der Waals surface area contributed by atoms with Gasteiger partial charge in [-0.25, -0.2) is 8.42 Å². The molecule has 0 N–H and O–H groups in total. The van der Waals surface area contributed by atoms with Crippen LogP contribution in [0.5, 0.6) is 11.5 Å². The van der Waals surface area contributed by atoms with Crippen molar-refractivity contribution in [1.82, 2.24) is 14.5 Å². The van der Waals surface area contributed by atoms with Gasteiger partial charge in [-0.3, -0.25) is 0 Å². The van der Waals surface area contributed by atoms with Gasteiger partial charge in [0.1, 0.15) is 11.5 Å². The van der Waals surface area contributed by atoms with E-state index < -0.39 is 10.0 Å². The molecule has 168 valence electrons. The first-order valence-electron chi connectivity index (χ1n) is 10.3. The van der Waals surface area contributed by atoms with Crippen molar-refractivity contribution in [2.45, 2.75) is 11.8 Å². The lowest BCUT2D eigenvalue weighted by atomic mass is 10.1. The summed E-state index contributed by atoms with van der Waals surface area (Å²) >= 11 is 0. The van der Waals surface area contributed by atoms with Crippen molar-refractivity contribution in [3.05, 3.63) is 60.2 Å². The zero-order chi connectivity index (χ0) is 22.7. The summed E-state index contributed by atoms with van der Waals surface area (Å²) in [6.07, 6.45) is 0. The van der Waals surface area contributed by atoms with Gasteiger partial charge < -0.3 is 14.4 Å². The summed E-state index contributed by atoms with van der Waals surface area (Å²) < 4.78 is 38.2. The molecule has 32 heavy (non-hydrogen) atoms. The number of piperazine rings is 1. The summed E-state index contributed by atoms with van der Waals surface area (Å²) in [7, 11) is -0.284. The van der Waals surface area contributed by atoms with E-state index in [4.69, 9.17) is 9.47 Å². The maximum Gasteiger partial charge on any atom is 0.243 e. The molecule has 1 fully saturated rings. The Morgan fingerprint density at radius 3 is 2.28 bits per heavy atom. The van der Waals surface area contributed by atoms with Crippen LogP contribution >= 0.6 is 0 Å². The quantitative estimate of drug-likeness (QED) is 0.566. The summed E-state index contributed by atoms with van der Waals surface area (Å²) in [6.45, 7) is 3.76. The number of nitrogens with zero attached hydrogens (tertiary/aromatic N) is 4. The highest BCUT2D eigenvalue weighted by Gasteiger charge is 2.29. The number of rotatable bonds is 6. The second-order valence-electron chi connectivity index (χ2n) is 7.55. The minimum Gasteiger partial charge on any atom is -0.497 e. The molecular formula is C23H26N4O4S. The van der Waals surface area contributed by atoms with Gasteiger partial charge in [-0.2, -0.15) is 4.31 Å². The van der Waals surface area contributed by atoms with Crippen LogP contribution in [0.2, 0.25) is 0 Å². The van der Waals surface area contributed by atoms with E-state index in [1.54, 1.807) is 32.4 Å². The average molecular weight is 455 g/mol. The minimum atomic E-state index is -3.50. The van der Waals surface area contributed by atoms with Crippen molar-refractivity contribution in [3.63, 3.8) is 0 Å². The number of anilines is 1. The summed E-state index contributed by atoms with van der Waals surface area (Å²) in [5.41, 5.74) is 2.39. The van der Waals surface area contributed by atoms with Crippen LogP contribution in [0.3, 0.4) is 0 Å². The first-order chi connectivity index (χ1) is 15.4. The fraction of sp³-hybridized carbons (Fsp3) is 0.304. The molecule has 0 unspecified atom stereocenters. The third kappa shape index (κ3) is 4.39. The van der Waals surface area contributed by atoms with E-state index in [1.807, 2.05) is 48.2 Å². The van der Waals surface area contributed by atoms with Gasteiger partial charge in [-0.05, 0) is 55.0 Å². The predicted molar refractivity (Wildman–Crippen MR) is 123 cm³/mol. The van der Waals surface area contributed by atoms with Crippen LogP contribution < -0.4 is 14.4 Å². The Balaban J connectivity index is 1.47. The number of aryl methyl sites for hydroxylation is 1. The molecule has 8 nitrogen and oxygen atoms in total. The standard InChI is InChI=1S/C23H26N4O4S/c1-17-5-4-6-19(15-17)32(28,29)27-13-11-26(12-14-27)23-10-8-21(24-25-23)20-16-18(30-2)7-9-22(20)31-3/h4-10,15-16H,11-14H2,1-3H3. The Bertz CT molecular complexity index is 1190. The Labute approximate surface area is 188 Å². The van der Waals surface area contributed by atoms with E-state index in [-0.39, 0.29) is 0 Å². The number of sulfonamides is 1. The molecule has 0 aliphatic carbocycles. The second kappa shape index (κ2) is 9.13. The van der Waals surface area contributed by atoms with E-state index in [2.05, 4.69) is 10.2 Å². The van der Waals surface area contributed by atoms with Crippen molar-refractivity contribution in [2.75, 3.05) is 45.3 Å². The SMILES string of the molecule is COc1ccc(OC)c(-c2ccc(N3CCN(S(=O)(=O)c4cccc(C)c4)CC3)nn2)c1. The first-order valence-corrected chi connectivity index (χ1v) is 11.7. The second-order valence-corrected chi connectivity index (χ2v) is 9.49. The lowest BCUT2D eigenvalue weighted by Crippen LogP contribution is -2.49. The first kappa shape index (κ1) is 22.0. The molecule has 4 rings (SSSR count). The number of aromatic nitrogens is 2. The molecule has 0 amide bonds. The van der Waals surface area contributed by atoms with Gasteiger partial charge in [0.25, 0.3) is 0 Å². The molecule has 0 bridgehead atoms. The van der Waals surface area contributed by atoms with E-state index in [1.165, 1.54) is 4.31 Å². The molecule has 9 heteroatoms. The highest BCUT2D eigenvalue weighted by atomic mass is 32.2. The molecule has 0 spiro atoms. The van der Waals surface area contributed by atoms with Gasteiger partial charge in [-0.15, -0.1) is 10.2 Å². The number of methoxy groups -OCH3 is 2. The molecule has 1 aliphatic heterocycles. The average Bonchev–Trinajstić information content (AvgIpc) is 2.84. The van der Waals surface area contributed by atoms with Crippen molar-refractivity contribution >= 4 is 15.8 Å².